The summed E-state index contributed by atoms with van der Waals surface area (Å²) in [6.45, 7) is 35.2. The molecule has 4 saturated carbocycles. The number of hydrogen-bond acceptors (Lipinski definition) is 31. The van der Waals surface area contributed by atoms with Crippen molar-refractivity contribution in [3.63, 3.8) is 0 Å². The second-order valence-electron chi connectivity index (χ2n) is 42.4. The summed E-state index contributed by atoms with van der Waals surface area (Å²) in [5, 5.41) is 151. The number of anilines is 3. The topological polar surface area (TPSA) is 530 Å². The van der Waals surface area contributed by atoms with Gasteiger partial charge in [0.25, 0.3) is 17.6 Å². The van der Waals surface area contributed by atoms with E-state index in [-0.39, 0.29) is 126 Å². The van der Waals surface area contributed by atoms with E-state index in [0.717, 1.165) is 49.9 Å². The van der Waals surface area contributed by atoms with Gasteiger partial charge in [0, 0.05) is 137 Å². The Kier molecular flexibility index (Phi) is 32.1. The fraction of sp³-hybridized carbons (Fsp3) is 0.612. The quantitative estimate of drug-likeness (QED) is 0.0128. The van der Waals surface area contributed by atoms with Crippen molar-refractivity contribution in [3.05, 3.63) is 115 Å². The molecule has 1 saturated heterocycles. The summed E-state index contributed by atoms with van der Waals surface area (Å²) in [5.74, 6) is -17.0. The Balaban J connectivity index is 0.000000205. The summed E-state index contributed by atoms with van der Waals surface area (Å²) in [6, 6.07) is 0.487. The molecule has 138 heavy (non-hydrogen) atoms. The number of nitrogens with two attached hydrogens (primary N) is 1. The van der Waals surface area contributed by atoms with Gasteiger partial charge in [-0.2, -0.15) is 5.10 Å². The van der Waals surface area contributed by atoms with Crippen LogP contribution in [0.15, 0.2) is 92.8 Å². The number of nitrogens with one attached hydrogen (secondary N) is 3. The third kappa shape index (κ3) is 20.1. The number of aliphatic carboxylic acids is 1. The Morgan fingerprint density at radius 1 is 0.761 bits per heavy atom. The highest BCUT2D eigenvalue weighted by Crippen LogP contribution is 2.75. The van der Waals surface area contributed by atoms with Crippen LogP contribution < -0.4 is 31.3 Å². The van der Waals surface area contributed by atoms with Gasteiger partial charge in [-0.1, -0.05) is 85.3 Å². The fourth-order valence-electron chi connectivity index (χ4n) is 24.0. The van der Waals surface area contributed by atoms with Crippen LogP contribution >= 0.6 is 0 Å². The predicted molar refractivity (Wildman–Crippen MR) is 517 cm³/mol. The Labute approximate surface area is 806 Å². The van der Waals surface area contributed by atoms with Crippen molar-refractivity contribution in [3.8, 4) is 28.7 Å². The molecule has 14 rings (SSSR count). The zero-order chi connectivity index (χ0) is 103. The number of hydrazone groups is 1. The van der Waals surface area contributed by atoms with Gasteiger partial charge in [0.15, 0.2) is 22.9 Å². The number of ketones is 3. The van der Waals surface area contributed by atoms with E-state index < -0.39 is 183 Å². The fourth-order valence-corrected chi connectivity index (χ4v) is 24.0. The number of phenols is 4. The first-order chi connectivity index (χ1) is 64.2. The van der Waals surface area contributed by atoms with Gasteiger partial charge in [-0.15, -0.1) is 0 Å². The maximum absolute atomic E-state index is 14.4. The second-order valence-corrected chi connectivity index (χ2v) is 42.4. The molecule has 4 heterocycles. The van der Waals surface area contributed by atoms with E-state index in [9.17, 15) is 104 Å². The van der Waals surface area contributed by atoms with E-state index in [1.165, 1.54) is 71.3 Å². The molecule has 4 aliphatic heterocycles. The SMILES string of the molecule is CC(=O)O[C@H]1C[C@@]2(C)[C@@H](C[C@@H](O)[C@H]3[C@@]4(C)CC[C@@H](O)[C@@H](C)[C@@H]4CC[C@@]32C)/C1=C(\CCC=C(C)C)C(=O)O.CN(C)c1cc(NC(=O)CNC(C)(C)C)c(O)c2c1C[C@H]1C[C@H]3[C@H](N(C)C)C(O)=C(C(N)=O)C(=O)[C@@]3(O)C(O)=C1C2=O.CO[C@H]1/C=C/O[C@@]2(C)Oc3c(C)c(O)c4c(O)c(c(/C=N/N5CCN(C)CC5)c(O)c4c3C2=O)NC(=O)/C(C)=C\C=C\[C@H](C)[C@H](O)[C@@H](C)[C@@H](O)[C@@H](C)[C@H](OC(C)=O)[C@@H]1C. The smallest absolute Gasteiger partial charge is 0.331 e. The van der Waals surface area contributed by atoms with Gasteiger partial charge in [-0.3, -0.25) is 48.3 Å². The minimum Gasteiger partial charge on any atom is -0.510 e. The first-order valence-electron chi connectivity index (χ1n) is 47.7. The van der Waals surface area contributed by atoms with Gasteiger partial charge in [0.2, 0.25) is 11.7 Å². The molecule has 5 bridgehead atoms. The van der Waals surface area contributed by atoms with Crippen molar-refractivity contribution in [2.75, 3.05) is 90.6 Å². The molecule has 23 atom stereocenters. The Morgan fingerprint density at radius 3 is 1.99 bits per heavy atom. The molecule has 7 aliphatic carbocycles. The molecule has 3 aromatic rings. The lowest BCUT2D eigenvalue weighted by molar-refractivity contribution is -0.234. The highest BCUT2D eigenvalue weighted by Gasteiger charge is 2.72. The molecule has 0 spiro atoms. The minimum absolute atomic E-state index is 0.0175. The first-order valence-corrected chi connectivity index (χ1v) is 47.7. The Bertz CT molecular complexity index is 5550. The van der Waals surface area contributed by atoms with Crippen LogP contribution in [-0.2, 0) is 58.9 Å². The number of allylic oxidation sites excluding steroid dienone is 5. The molecule has 0 aromatic heterocycles. The number of rotatable bonds is 15. The standard InChI is InChI=1S/C43H58N4O12.C31H48O6.C29H39N5O8/c1-21-12-11-13-22(2)42(55)45-33-28(20-44-47-17-15-46(9)16-18-47)37(52)30-31(38(33)53)36(51)26(6)40-32(30)41(54)43(8,59-40)57-19-14-29(56-10)23(3)39(58-27(7)48)25(5)35(50)24(4)34(21)49;1-17(2)9-8-10-20(28(35)36)26-22-15-24(34)27-29(5)13-12-23(33)18(3)21(29)11-14-30(27,6)31(22,7)16-25(26)37-19(4)32;1-28(2,3)31-11-17(35)32-15-10-16(33(4)5)13-8-12-9-14-21(34(6)7)24(38)20(27(30)41)26(40)29(14,42)25(39)18(12)23(37)19(13)22(15)36/h11-14,19-21,23-25,29,34-35,39,49-53H,15-18H2,1-10H3,(H,45,55);9,18,21-25,27,33-34H,8,10-16H2,1-7H3,(H,35,36);10,12,14,21,31,36,38-39,42H,8-9,11H2,1-7H3,(H2,30,41)(H,32,35)/b12-11+,19-14+,22-13-,44-20+;26-20-;/t21-,23+,24+,25+,29-,34-,35+,39+,43-;18-,21-,22-,23+,24+,25-,27-,29-,30-,31-;12-,14-,21-,29-/m000/s1. The number of aliphatic hydroxyl groups excluding tert-OH is 6. The zero-order valence-corrected chi connectivity index (χ0v) is 84.0. The molecular weight excluding hydrogens is 1780 g/mol. The first kappa shape index (κ1) is 108. The van der Waals surface area contributed by atoms with Crippen LogP contribution in [-0.4, -0.2) is 276 Å². The van der Waals surface area contributed by atoms with Crippen LogP contribution in [0.5, 0.6) is 28.7 Å². The van der Waals surface area contributed by atoms with E-state index in [0.29, 0.717) is 61.5 Å². The number of ether oxygens (including phenoxy) is 5. The summed E-state index contributed by atoms with van der Waals surface area (Å²) in [4.78, 5) is 123. The number of benzene rings is 3. The average molecular weight is 1930 g/mol. The minimum atomic E-state index is -2.73. The van der Waals surface area contributed by atoms with Crippen molar-refractivity contribution in [1.82, 2.24) is 20.1 Å². The maximum atomic E-state index is 14.4. The molecule has 3 aromatic carbocycles. The van der Waals surface area contributed by atoms with Gasteiger partial charge in [0.1, 0.15) is 46.5 Å². The molecule has 17 N–H and O–H groups in total. The molecule has 3 amide bonds. The average Bonchev–Trinajstić information content (AvgIpc) is 1.38. The summed E-state index contributed by atoms with van der Waals surface area (Å²) < 4.78 is 29.5. The number of likely N-dealkylation sites (N-methyl/N-ethyl adjacent to an activating group) is 2. The number of hydrogen-bond donors (Lipinski definition) is 16. The molecule has 35 nitrogen and oxygen atoms in total. The largest absolute Gasteiger partial charge is 0.510 e. The zero-order valence-electron chi connectivity index (χ0n) is 84.0. The van der Waals surface area contributed by atoms with E-state index in [1.807, 2.05) is 47.7 Å². The normalized spacial score (nSPS) is 33.9. The number of piperazine rings is 1. The van der Waals surface area contributed by atoms with Crippen LogP contribution in [0, 0.1) is 82.3 Å². The highest BCUT2D eigenvalue weighted by atomic mass is 16.7. The summed E-state index contributed by atoms with van der Waals surface area (Å²) in [6.07, 6.45) is 11.2. The van der Waals surface area contributed by atoms with Gasteiger partial charge in [-0.05, 0) is 203 Å². The van der Waals surface area contributed by atoms with Crippen LogP contribution in [0.1, 0.15) is 213 Å². The van der Waals surface area contributed by atoms with Crippen molar-refractivity contribution in [2.24, 2.45) is 86.3 Å². The van der Waals surface area contributed by atoms with Crippen LogP contribution in [0.3, 0.4) is 0 Å². The van der Waals surface area contributed by atoms with E-state index in [1.54, 1.807) is 84.0 Å². The van der Waals surface area contributed by atoms with Crippen LogP contribution in [0.25, 0.3) is 10.8 Å². The van der Waals surface area contributed by atoms with Gasteiger partial charge < -0.3 is 116 Å². The van der Waals surface area contributed by atoms with Crippen LogP contribution in [0.2, 0.25) is 0 Å². The van der Waals surface area contributed by atoms with Gasteiger partial charge >= 0.3 is 23.7 Å². The van der Waals surface area contributed by atoms with E-state index >= 15 is 0 Å². The summed E-state index contributed by atoms with van der Waals surface area (Å²) in [7, 11) is 10.0. The molecule has 5 fully saturated rings. The number of primary amides is 1. The lowest BCUT2D eigenvalue weighted by atomic mass is 9.36. The number of amides is 3. The van der Waals surface area contributed by atoms with Crippen LogP contribution in [0.4, 0.5) is 17.1 Å². The Hall–Kier alpha value is -10.8. The third-order valence-electron chi connectivity index (χ3n) is 31.7. The second kappa shape index (κ2) is 41.2. The van der Waals surface area contributed by atoms with Gasteiger partial charge in [-0.25, -0.2) is 4.79 Å². The van der Waals surface area contributed by atoms with Crippen molar-refractivity contribution < 1.29 is 128 Å². The summed E-state index contributed by atoms with van der Waals surface area (Å²) in [5.41, 5.74) is 3.18. The maximum Gasteiger partial charge on any atom is 0.331 e. The number of esters is 2. The number of carbonyl (C=O) groups is 9. The van der Waals surface area contributed by atoms with E-state index in [2.05, 4.69) is 53.6 Å². The molecular formula is C103H145N9O26. The van der Waals surface area contributed by atoms with Gasteiger partial charge in [0.05, 0.1) is 89.0 Å². The highest BCUT2D eigenvalue weighted by molar-refractivity contribution is 6.26. The van der Waals surface area contributed by atoms with Crippen molar-refractivity contribution >= 4 is 87.0 Å². The molecule has 0 radical (unpaired) electrons. The number of carboxylic acids is 1. The predicted octanol–water partition coefficient (Wildman–Crippen LogP) is 10.5. The number of fused-ring (bicyclic) bond motifs is 22. The monoisotopic (exact) mass is 1920 g/mol. The molecule has 0 unspecified atom stereocenters. The number of phenolic OH excluding ortho intramolecular Hbond substituents is 4. The molecule has 35 heteroatoms. The van der Waals surface area contributed by atoms with Crippen molar-refractivity contribution in [2.45, 2.75) is 255 Å². The number of aliphatic hydroxyl groups is 7. The Morgan fingerprint density at radius 2 is 1.41 bits per heavy atom. The molecule has 11 aliphatic rings. The number of methoxy groups -OCH3 is 1. The number of Topliss-reactive ketones (excluding diaryl/α,β-unsaturated/α-hetero) is 3. The molecule has 758 valence electrons. The lowest BCUT2D eigenvalue weighted by Gasteiger charge is -2.69. The number of nitrogens with zero attached hydrogens (tertiary/aromatic N) is 5. The van der Waals surface area contributed by atoms with Crippen molar-refractivity contribution in [1.29, 1.82) is 0 Å². The lowest BCUT2D eigenvalue weighted by Crippen LogP contribution is -2.65. The third-order valence-corrected chi connectivity index (χ3v) is 31.7. The number of carbonyl (C=O) groups excluding carboxylic acids is 8. The van der Waals surface area contributed by atoms with E-state index in [4.69, 9.17) is 29.4 Å². The summed E-state index contributed by atoms with van der Waals surface area (Å²) >= 11 is 0. The number of carboxylic acid groups (broad SMARTS) is 1. The number of aromatic hydroxyl groups is 4.